The number of aryl methyl sites for hydroxylation is 1. The second kappa shape index (κ2) is 23.5. The second-order valence-corrected chi connectivity index (χ2v) is 15.2. The number of nitrogens with zero attached hydrogens (tertiary/aromatic N) is 1. The van der Waals surface area contributed by atoms with Gasteiger partial charge in [0.05, 0.1) is 18.1 Å². The van der Waals surface area contributed by atoms with E-state index in [0.29, 0.717) is 19.8 Å². The molecule has 0 bridgehead atoms. The van der Waals surface area contributed by atoms with Crippen molar-refractivity contribution < 1.29 is 36.3 Å². The van der Waals surface area contributed by atoms with Crippen molar-refractivity contribution in [2.24, 2.45) is 0 Å². The van der Waals surface area contributed by atoms with Gasteiger partial charge in [0.15, 0.2) is 6.29 Å². The number of hydrogen-bond donors (Lipinski definition) is 0. The molecule has 0 amide bonds. The average Bonchev–Trinajstić information content (AvgIpc) is 3.70. The summed E-state index contributed by atoms with van der Waals surface area (Å²) in [5.74, 6) is 0. The summed E-state index contributed by atoms with van der Waals surface area (Å²) in [7, 11) is -3.85. The summed E-state index contributed by atoms with van der Waals surface area (Å²) in [5.41, 5.74) is 0.380. The number of thioether (sulfide) groups is 1. The first-order valence-electron chi connectivity index (χ1n) is 18.0. The molecule has 0 saturated carbocycles. The van der Waals surface area contributed by atoms with Gasteiger partial charge in [-0.15, -0.1) is 0 Å². The van der Waals surface area contributed by atoms with Crippen molar-refractivity contribution in [3.63, 3.8) is 0 Å². The summed E-state index contributed by atoms with van der Waals surface area (Å²) in [6.07, 6.45) is 22.3. The molecule has 9 nitrogen and oxygen atoms in total. The second-order valence-electron chi connectivity index (χ2n) is 12.7. The summed E-state index contributed by atoms with van der Waals surface area (Å²) >= 11 is 1.33. The minimum atomic E-state index is -3.85. The smallest absolute Gasteiger partial charge is 0.434 e. The lowest BCUT2D eigenvalue weighted by atomic mass is 10.0. The predicted octanol–water partition coefficient (Wildman–Crippen LogP) is 9.44. The van der Waals surface area contributed by atoms with Gasteiger partial charge in [-0.25, -0.2) is 8.98 Å². The maximum Gasteiger partial charge on any atom is 0.508 e. The van der Waals surface area contributed by atoms with Gasteiger partial charge in [0.2, 0.25) is 5.56 Å². The fraction of sp³-hybridized carbons (Fsp3) is 0.750. The van der Waals surface area contributed by atoms with E-state index < -0.39 is 21.8 Å². The van der Waals surface area contributed by atoms with E-state index in [4.69, 9.17) is 23.1 Å². The Morgan fingerprint density at radius 3 is 2.15 bits per heavy atom. The summed E-state index contributed by atoms with van der Waals surface area (Å²) in [5, 5.41) is 1.85. The van der Waals surface area contributed by atoms with Gasteiger partial charge in [0.1, 0.15) is 12.7 Å². The summed E-state index contributed by atoms with van der Waals surface area (Å²) in [4.78, 5) is 14.0. The van der Waals surface area contributed by atoms with E-state index in [1.807, 2.05) is 23.4 Å². The topological polar surface area (TPSA) is 101 Å². The van der Waals surface area contributed by atoms with Crippen LogP contribution < -0.4 is 0 Å². The van der Waals surface area contributed by atoms with Crippen molar-refractivity contribution in [1.82, 2.24) is 4.90 Å². The summed E-state index contributed by atoms with van der Waals surface area (Å²) in [6.45, 7) is 5.71. The summed E-state index contributed by atoms with van der Waals surface area (Å²) in [6, 6.07) is 6.64. The van der Waals surface area contributed by atoms with E-state index in [9.17, 15) is 13.2 Å². The van der Waals surface area contributed by atoms with E-state index >= 15 is 0 Å². The standard InChI is InChI=1S/C36H59NO8S2/c1-3-4-5-6-7-8-9-10-11-12-13-14-17-20-34-42-29-32(44-34)30-43-36(38)41-27-19-16-15-18-25-37-26-28-46-35(37)45-47(39,40)33-23-21-31(2)22-24-33/h21-24,26,28,32,34-35H,3-20,25,27,29-30H2,1-2H3. The highest BCUT2D eigenvalue weighted by molar-refractivity contribution is 8.03. The molecule has 2 heterocycles. The first kappa shape index (κ1) is 39.6. The average molecular weight is 698 g/mol. The number of hydrogen-bond acceptors (Lipinski definition) is 10. The number of unbranched alkanes of at least 4 members (excludes halogenated alkanes) is 15. The Balaban J connectivity index is 1.11. The predicted molar refractivity (Wildman–Crippen MR) is 187 cm³/mol. The molecule has 1 saturated heterocycles. The molecule has 3 unspecified atom stereocenters. The zero-order chi connectivity index (χ0) is 33.6. The molecule has 0 aliphatic carbocycles. The van der Waals surface area contributed by atoms with Crippen molar-refractivity contribution in [1.29, 1.82) is 0 Å². The molecule has 0 radical (unpaired) electrons. The van der Waals surface area contributed by atoms with Gasteiger partial charge >= 0.3 is 6.16 Å². The summed E-state index contributed by atoms with van der Waals surface area (Å²) < 4.78 is 52.8. The molecule has 0 N–H and O–H groups in total. The van der Waals surface area contributed by atoms with E-state index in [1.54, 1.807) is 24.3 Å². The van der Waals surface area contributed by atoms with Gasteiger partial charge in [-0.2, -0.15) is 8.42 Å². The third-order valence-corrected chi connectivity index (χ3v) is 10.8. The van der Waals surface area contributed by atoms with Crippen LogP contribution >= 0.6 is 11.8 Å². The molecule has 1 fully saturated rings. The van der Waals surface area contributed by atoms with Crippen LogP contribution in [0.1, 0.15) is 128 Å². The van der Waals surface area contributed by atoms with Gasteiger partial charge in [0, 0.05) is 12.7 Å². The minimum Gasteiger partial charge on any atom is -0.434 e. The number of benzene rings is 1. The third kappa shape index (κ3) is 16.9. The zero-order valence-electron chi connectivity index (χ0n) is 28.8. The molecular formula is C36H59NO8S2. The van der Waals surface area contributed by atoms with Crippen molar-refractivity contribution in [2.75, 3.05) is 26.4 Å². The van der Waals surface area contributed by atoms with Gasteiger partial charge in [0.25, 0.3) is 10.1 Å². The Morgan fingerprint density at radius 2 is 1.47 bits per heavy atom. The maximum atomic E-state index is 12.6. The minimum absolute atomic E-state index is 0.137. The van der Waals surface area contributed by atoms with Crippen molar-refractivity contribution in [3.8, 4) is 0 Å². The van der Waals surface area contributed by atoms with Crippen LogP contribution in [0.4, 0.5) is 4.79 Å². The monoisotopic (exact) mass is 697 g/mol. The highest BCUT2D eigenvalue weighted by Gasteiger charge is 2.28. The van der Waals surface area contributed by atoms with E-state index in [-0.39, 0.29) is 23.9 Å². The molecule has 0 aromatic heterocycles. The van der Waals surface area contributed by atoms with Crippen molar-refractivity contribution >= 4 is 28.0 Å². The Morgan fingerprint density at radius 1 is 0.851 bits per heavy atom. The Kier molecular flexibility index (Phi) is 19.9. The van der Waals surface area contributed by atoms with Gasteiger partial charge in [-0.1, -0.05) is 120 Å². The van der Waals surface area contributed by atoms with Crippen LogP contribution in [0, 0.1) is 6.92 Å². The molecule has 3 atom stereocenters. The fourth-order valence-corrected chi connectivity index (χ4v) is 7.73. The van der Waals surface area contributed by atoms with Gasteiger partial charge in [-0.3, -0.25) is 0 Å². The highest BCUT2D eigenvalue weighted by Crippen LogP contribution is 2.30. The third-order valence-electron chi connectivity index (χ3n) is 8.51. The van der Waals surface area contributed by atoms with E-state index in [2.05, 4.69) is 6.92 Å². The largest absolute Gasteiger partial charge is 0.508 e. The first-order valence-corrected chi connectivity index (χ1v) is 20.4. The van der Waals surface area contributed by atoms with Crippen molar-refractivity contribution in [3.05, 3.63) is 41.4 Å². The Labute approximate surface area is 288 Å². The number of ether oxygens (including phenoxy) is 4. The normalized spacial score (nSPS) is 19.4. The molecule has 268 valence electrons. The molecule has 11 heteroatoms. The van der Waals surface area contributed by atoms with Crippen molar-refractivity contribution in [2.45, 2.75) is 152 Å². The lowest BCUT2D eigenvalue weighted by Gasteiger charge is -2.24. The quantitative estimate of drug-likeness (QED) is 0.0529. The lowest BCUT2D eigenvalue weighted by Crippen LogP contribution is -2.30. The zero-order valence-corrected chi connectivity index (χ0v) is 30.4. The molecular weight excluding hydrogens is 639 g/mol. The van der Waals surface area contributed by atoms with Gasteiger partial charge < -0.3 is 23.8 Å². The van der Waals surface area contributed by atoms with E-state index in [1.165, 1.54) is 88.8 Å². The molecule has 2 aliphatic rings. The molecule has 2 aliphatic heterocycles. The molecule has 1 aromatic rings. The molecule has 1 aromatic carbocycles. The molecule has 0 spiro atoms. The van der Waals surface area contributed by atoms with Crippen LogP contribution in [0.3, 0.4) is 0 Å². The number of carbonyl (C=O) groups excluding carboxylic acids is 1. The van der Waals surface area contributed by atoms with E-state index in [0.717, 1.165) is 44.1 Å². The van der Waals surface area contributed by atoms with Gasteiger partial charge in [-0.05, 0) is 56.6 Å². The lowest BCUT2D eigenvalue weighted by molar-refractivity contribution is -0.0740. The number of rotatable bonds is 26. The molecule has 3 rings (SSSR count). The first-order chi connectivity index (χ1) is 22.9. The van der Waals surface area contributed by atoms with Crippen LogP contribution in [-0.4, -0.2) is 63.8 Å². The van der Waals surface area contributed by atoms with Crippen LogP contribution in [0.15, 0.2) is 40.8 Å². The highest BCUT2D eigenvalue weighted by atomic mass is 32.2. The maximum absolute atomic E-state index is 12.6. The van der Waals surface area contributed by atoms with Crippen LogP contribution in [-0.2, 0) is 33.2 Å². The SMILES string of the molecule is CCCCCCCCCCCCCCCC1OCC(COC(=O)OCCCCCCN2C=CSC2OS(=O)(=O)c2ccc(C)cc2)O1. The van der Waals surface area contributed by atoms with Crippen LogP contribution in [0.2, 0.25) is 0 Å². The Hall–Kier alpha value is -1.79. The van der Waals surface area contributed by atoms with Crippen LogP contribution in [0.25, 0.3) is 0 Å². The van der Waals surface area contributed by atoms with Crippen LogP contribution in [0.5, 0.6) is 0 Å². The Bertz CT molecular complexity index is 1110. The molecule has 47 heavy (non-hydrogen) atoms. The fourth-order valence-electron chi connectivity index (χ4n) is 5.64. The number of carbonyl (C=O) groups is 1.